The van der Waals surface area contributed by atoms with E-state index in [1.165, 1.54) is 25.8 Å². The third-order valence-corrected chi connectivity index (χ3v) is 3.36. The quantitative estimate of drug-likeness (QED) is 0.592. The van der Waals surface area contributed by atoms with Crippen molar-refractivity contribution in [2.45, 2.75) is 44.7 Å². The Hall–Kier alpha value is -0.0800. The lowest BCUT2D eigenvalue weighted by Gasteiger charge is -2.36. The van der Waals surface area contributed by atoms with E-state index in [1.54, 1.807) is 0 Å². The summed E-state index contributed by atoms with van der Waals surface area (Å²) in [6, 6.07) is 0.689. The van der Waals surface area contributed by atoms with Gasteiger partial charge in [0, 0.05) is 18.2 Å². The molecule has 0 aromatic carbocycles. The van der Waals surface area contributed by atoms with Crippen molar-refractivity contribution in [3.63, 3.8) is 0 Å². The lowest BCUT2D eigenvalue weighted by Crippen LogP contribution is -2.47. The Morgan fingerprint density at radius 1 is 1.33 bits per heavy atom. The largest absolute Gasteiger partial charge is 0.379 e. The molecule has 2 aliphatic rings. The van der Waals surface area contributed by atoms with Gasteiger partial charge in [0.2, 0.25) is 0 Å². The predicted molar refractivity (Wildman–Crippen MR) is 49.2 cm³/mol. The molecule has 0 aliphatic carbocycles. The Labute approximate surface area is 74.9 Å². The van der Waals surface area contributed by atoms with Crippen LogP contribution in [0.2, 0.25) is 0 Å². The van der Waals surface area contributed by atoms with Gasteiger partial charge in [-0.05, 0) is 39.7 Å². The molecule has 2 nitrogen and oxygen atoms in total. The zero-order chi connectivity index (χ0) is 8.60. The molecule has 70 valence electrons. The number of nitrogens with zero attached hydrogens (tertiary/aromatic N) is 1. The van der Waals surface area contributed by atoms with Crippen LogP contribution in [0.15, 0.2) is 0 Å². The Kier molecular flexibility index (Phi) is 2.13. The van der Waals surface area contributed by atoms with Gasteiger partial charge in [-0.25, -0.2) is 0 Å². The van der Waals surface area contributed by atoms with Crippen molar-refractivity contribution in [2.75, 3.05) is 19.8 Å². The molecule has 2 heteroatoms. The van der Waals surface area contributed by atoms with Gasteiger partial charge in [-0.2, -0.15) is 0 Å². The lowest BCUT2D eigenvalue weighted by molar-refractivity contribution is 0.0784. The average Bonchev–Trinajstić information content (AvgIpc) is 2.61. The van der Waals surface area contributed by atoms with Gasteiger partial charge in [-0.15, -0.1) is 0 Å². The van der Waals surface area contributed by atoms with E-state index < -0.39 is 0 Å². The molecule has 0 saturated carbocycles. The summed E-state index contributed by atoms with van der Waals surface area (Å²) in [4.78, 5) is 2.64. The van der Waals surface area contributed by atoms with Crippen LogP contribution in [-0.2, 0) is 4.74 Å². The van der Waals surface area contributed by atoms with Gasteiger partial charge < -0.3 is 4.74 Å². The lowest BCUT2D eigenvalue weighted by atomic mass is 9.94. The minimum atomic E-state index is 0.439. The summed E-state index contributed by atoms with van der Waals surface area (Å²) in [5.74, 6) is 0. The second kappa shape index (κ2) is 3.00. The van der Waals surface area contributed by atoms with Crippen LogP contribution in [0.4, 0.5) is 0 Å². The summed E-state index contributed by atoms with van der Waals surface area (Å²) in [5.41, 5.74) is 0.439. The second-order valence-corrected chi connectivity index (χ2v) is 4.42. The van der Waals surface area contributed by atoms with Crippen LogP contribution >= 0.6 is 0 Å². The van der Waals surface area contributed by atoms with Gasteiger partial charge in [0.05, 0.1) is 6.61 Å². The summed E-state index contributed by atoms with van der Waals surface area (Å²) in [7, 11) is 0. The number of likely N-dealkylation sites (tertiary alicyclic amines) is 1. The van der Waals surface area contributed by atoms with E-state index in [1.807, 2.05) is 0 Å². The van der Waals surface area contributed by atoms with Crippen molar-refractivity contribution in [3.8, 4) is 0 Å². The van der Waals surface area contributed by atoms with Crippen molar-refractivity contribution in [3.05, 3.63) is 0 Å². The maximum Gasteiger partial charge on any atom is 0.0651 e. The Balaban J connectivity index is 2.12. The maximum absolute atomic E-state index is 5.52. The summed E-state index contributed by atoms with van der Waals surface area (Å²) in [5, 5.41) is 0. The standard InChI is InChI=1S/C10H19NO/c1-9(2)11-6-3-4-10(11)5-7-12-8-10/h9H,3-8H2,1-2H3/t10-/m1/s1. The van der Waals surface area contributed by atoms with Crippen LogP contribution in [0, 0.1) is 0 Å². The molecule has 0 N–H and O–H groups in total. The SMILES string of the molecule is CC(C)N1CCC[C@]12CCOC2. The molecular weight excluding hydrogens is 150 g/mol. The van der Waals surface area contributed by atoms with E-state index in [-0.39, 0.29) is 0 Å². The van der Waals surface area contributed by atoms with E-state index in [4.69, 9.17) is 4.74 Å². The van der Waals surface area contributed by atoms with Crippen LogP contribution in [0.5, 0.6) is 0 Å². The van der Waals surface area contributed by atoms with Crippen LogP contribution in [0.1, 0.15) is 33.1 Å². The molecule has 0 radical (unpaired) electrons. The van der Waals surface area contributed by atoms with Gasteiger partial charge in [-0.1, -0.05) is 0 Å². The second-order valence-electron chi connectivity index (χ2n) is 4.42. The maximum atomic E-state index is 5.52. The minimum Gasteiger partial charge on any atom is -0.379 e. The first-order chi connectivity index (χ1) is 5.75. The van der Waals surface area contributed by atoms with Gasteiger partial charge in [0.1, 0.15) is 0 Å². The highest BCUT2D eigenvalue weighted by Crippen LogP contribution is 2.37. The van der Waals surface area contributed by atoms with E-state index in [2.05, 4.69) is 18.7 Å². The number of rotatable bonds is 1. The average molecular weight is 169 g/mol. The highest BCUT2D eigenvalue weighted by molar-refractivity contribution is 4.99. The van der Waals surface area contributed by atoms with Gasteiger partial charge in [-0.3, -0.25) is 4.90 Å². The fourth-order valence-electron chi connectivity index (χ4n) is 2.79. The third kappa shape index (κ3) is 1.17. The molecule has 2 rings (SSSR count). The van der Waals surface area contributed by atoms with E-state index >= 15 is 0 Å². The van der Waals surface area contributed by atoms with Gasteiger partial charge >= 0.3 is 0 Å². The number of hydrogen-bond acceptors (Lipinski definition) is 2. The first-order valence-corrected chi connectivity index (χ1v) is 5.09. The molecule has 0 unspecified atom stereocenters. The van der Waals surface area contributed by atoms with E-state index in [9.17, 15) is 0 Å². The fourth-order valence-corrected chi connectivity index (χ4v) is 2.79. The topological polar surface area (TPSA) is 12.5 Å². The van der Waals surface area contributed by atoms with Crippen LogP contribution in [0.3, 0.4) is 0 Å². The highest BCUT2D eigenvalue weighted by atomic mass is 16.5. The third-order valence-electron chi connectivity index (χ3n) is 3.36. The van der Waals surface area contributed by atoms with E-state index in [0.717, 1.165) is 13.2 Å². The molecule has 2 aliphatic heterocycles. The molecule has 0 bridgehead atoms. The van der Waals surface area contributed by atoms with Crippen LogP contribution in [0.25, 0.3) is 0 Å². The normalized spacial score (nSPS) is 37.2. The first-order valence-electron chi connectivity index (χ1n) is 5.09. The Bertz CT molecular complexity index is 156. The molecule has 0 aromatic heterocycles. The first kappa shape index (κ1) is 8.52. The molecule has 12 heavy (non-hydrogen) atoms. The van der Waals surface area contributed by atoms with Crippen LogP contribution < -0.4 is 0 Å². The Morgan fingerprint density at radius 3 is 2.75 bits per heavy atom. The van der Waals surface area contributed by atoms with Crippen molar-refractivity contribution in [2.24, 2.45) is 0 Å². The molecular formula is C10H19NO. The van der Waals surface area contributed by atoms with Crippen molar-refractivity contribution in [1.82, 2.24) is 4.90 Å². The smallest absolute Gasteiger partial charge is 0.0651 e. The number of hydrogen-bond donors (Lipinski definition) is 0. The zero-order valence-electron chi connectivity index (χ0n) is 8.18. The molecule has 2 saturated heterocycles. The molecule has 0 aromatic rings. The fraction of sp³-hybridized carbons (Fsp3) is 1.00. The van der Waals surface area contributed by atoms with Crippen molar-refractivity contribution in [1.29, 1.82) is 0 Å². The van der Waals surface area contributed by atoms with Crippen molar-refractivity contribution >= 4 is 0 Å². The molecule has 1 atom stereocenters. The van der Waals surface area contributed by atoms with E-state index in [0.29, 0.717) is 11.6 Å². The molecule has 1 spiro atoms. The summed E-state index contributed by atoms with van der Waals surface area (Å²) < 4.78 is 5.52. The summed E-state index contributed by atoms with van der Waals surface area (Å²) >= 11 is 0. The number of ether oxygens (including phenoxy) is 1. The molecule has 2 fully saturated rings. The Morgan fingerprint density at radius 2 is 2.17 bits per heavy atom. The predicted octanol–water partition coefficient (Wildman–Crippen LogP) is 1.65. The molecule has 2 heterocycles. The highest BCUT2D eigenvalue weighted by Gasteiger charge is 2.44. The van der Waals surface area contributed by atoms with Crippen molar-refractivity contribution < 1.29 is 4.74 Å². The minimum absolute atomic E-state index is 0.439. The monoisotopic (exact) mass is 169 g/mol. The van der Waals surface area contributed by atoms with Gasteiger partial charge in [0.15, 0.2) is 0 Å². The summed E-state index contributed by atoms with van der Waals surface area (Å²) in [6.07, 6.45) is 3.97. The van der Waals surface area contributed by atoms with Gasteiger partial charge in [0.25, 0.3) is 0 Å². The zero-order valence-corrected chi connectivity index (χ0v) is 8.18. The molecule has 0 amide bonds. The van der Waals surface area contributed by atoms with Crippen LogP contribution in [-0.4, -0.2) is 36.2 Å². The summed E-state index contributed by atoms with van der Waals surface area (Å²) in [6.45, 7) is 7.83.